The van der Waals surface area contributed by atoms with Crippen LogP contribution in [0.2, 0.25) is 0 Å². The Morgan fingerprint density at radius 1 is 1.10 bits per heavy atom. The van der Waals surface area contributed by atoms with Crippen molar-refractivity contribution in [2.75, 3.05) is 13.6 Å². The highest BCUT2D eigenvalue weighted by molar-refractivity contribution is 9.10. The molecule has 156 valence electrons. The molecule has 0 aliphatic carbocycles. The maximum atomic E-state index is 12.2. The van der Waals surface area contributed by atoms with Crippen molar-refractivity contribution in [3.8, 4) is 11.3 Å². The number of aryl methyl sites for hydroxylation is 1. The van der Waals surface area contributed by atoms with Crippen molar-refractivity contribution in [1.29, 1.82) is 0 Å². The lowest BCUT2D eigenvalue weighted by Crippen LogP contribution is -2.34. The Balaban J connectivity index is 1.64. The Kier molecular flexibility index (Phi) is 6.68. The number of halogens is 1. The second-order valence-corrected chi connectivity index (χ2v) is 7.19. The topological polar surface area (TPSA) is 118 Å². The van der Waals surface area contributed by atoms with Crippen LogP contribution >= 0.6 is 15.9 Å². The van der Waals surface area contributed by atoms with Crippen LogP contribution in [0.25, 0.3) is 11.3 Å². The fraction of sp³-hybridized carbons (Fsp3) is 0.200. The Morgan fingerprint density at radius 3 is 2.60 bits per heavy atom. The number of carbonyl (C=O) groups excluding carboxylic acids is 3. The summed E-state index contributed by atoms with van der Waals surface area (Å²) in [6, 6.07) is 12.3. The first kappa shape index (κ1) is 21.3. The number of rotatable bonds is 7. The van der Waals surface area contributed by atoms with E-state index < -0.39 is 5.91 Å². The molecule has 10 heteroatoms. The van der Waals surface area contributed by atoms with E-state index in [0.29, 0.717) is 22.6 Å². The monoisotopic (exact) mass is 473 g/mol. The quantitative estimate of drug-likeness (QED) is 0.483. The molecule has 2 aromatic heterocycles. The summed E-state index contributed by atoms with van der Waals surface area (Å²) in [5, 5.41) is 11.8. The standard InChI is InChI=1S/C20H20BrN5O4/c1-22-18(27)11-24-20(29)16-7-6-15(30-16)13-5-3-4-12(8-13)10-23-19(28)14-9-17(21)26(2)25-14/h3-9H,10-11H2,1-2H3,(H,22,27)(H,23,28)(H,24,29). The second kappa shape index (κ2) is 9.40. The molecule has 0 saturated heterocycles. The Bertz CT molecular complexity index is 1070. The van der Waals surface area contributed by atoms with Gasteiger partial charge in [0.2, 0.25) is 5.91 Å². The molecule has 0 aliphatic heterocycles. The van der Waals surface area contributed by atoms with Gasteiger partial charge in [0, 0.05) is 32.3 Å². The smallest absolute Gasteiger partial charge is 0.287 e. The predicted molar refractivity (Wildman–Crippen MR) is 113 cm³/mol. The number of nitrogens with one attached hydrogen (secondary N) is 3. The third kappa shape index (κ3) is 5.15. The minimum atomic E-state index is -0.477. The van der Waals surface area contributed by atoms with Crippen molar-refractivity contribution >= 4 is 33.7 Å². The first-order valence-electron chi connectivity index (χ1n) is 9.03. The van der Waals surface area contributed by atoms with Crippen molar-refractivity contribution in [3.05, 3.63) is 64.1 Å². The molecule has 0 unspecified atom stereocenters. The molecule has 3 amide bonds. The van der Waals surface area contributed by atoms with Gasteiger partial charge in [-0.25, -0.2) is 0 Å². The number of aromatic nitrogens is 2. The van der Waals surface area contributed by atoms with Crippen molar-refractivity contribution in [1.82, 2.24) is 25.7 Å². The number of likely N-dealkylation sites (N-methyl/N-ethyl adjacent to an activating group) is 1. The van der Waals surface area contributed by atoms with Gasteiger partial charge in [0.15, 0.2) is 11.5 Å². The minimum absolute atomic E-state index is 0.105. The van der Waals surface area contributed by atoms with E-state index in [9.17, 15) is 14.4 Å². The molecule has 3 aromatic rings. The number of nitrogens with zero attached hydrogens (tertiary/aromatic N) is 2. The van der Waals surface area contributed by atoms with Crippen LogP contribution in [0.4, 0.5) is 0 Å². The summed E-state index contributed by atoms with van der Waals surface area (Å²) < 4.78 is 7.89. The summed E-state index contributed by atoms with van der Waals surface area (Å²) in [7, 11) is 3.23. The van der Waals surface area contributed by atoms with Crippen molar-refractivity contribution < 1.29 is 18.8 Å². The fourth-order valence-electron chi connectivity index (χ4n) is 2.61. The van der Waals surface area contributed by atoms with Crippen LogP contribution < -0.4 is 16.0 Å². The van der Waals surface area contributed by atoms with E-state index in [0.717, 1.165) is 11.1 Å². The lowest BCUT2D eigenvalue weighted by molar-refractivity contribution is -0.119. The molecule has 2 heterocycles. The normalized spacial score (nSPS) is 10.5. The summed E-state index contributed by atoms with van der Waals surface area (Å²) in [6.07, 6.45) is 0. The van der Waals surface area contributed by atoms with Gasteiger partial charge in [-0.15, -0.1) is 0 Å². The molecule has 0 aliphatic rings. The van der Waals surface area contributed by atoms with Gasteiger partial charge in [0.1, 0.15) is 10.4 Å². The molecule has 0 spiro atoms. The highest BCUT2D eigenvalue weighted by atomic mass is 79.9. The van der Waals surface area contributed by atoms with Crippen molar-refractivity contribution in [2.24, 2.45) is 7.05 Å². The van der Waals surface area contributed by atoms with Gasteiger partial charge in [0.05, 0.1) is 6.54 Å². The first-order chi connectivity index (χ1) is 14.4. The molecular formula is C20H20BrN5O4. The predicted octanol–water partition coefficient (Wildman–Crippen LogP) is 1.85. The van der Waals surface area contributed by atoms with Crippen molar-refractivity contribution in [2.45, 2.75) is 6.54 Å². The van der Waals surface area contributed by atoms with Gasteiger partial charge in [-0.2, -0.15) is 5.10 Å². The van der Waals surface area contributed by atoms with Gasteiger partial charge >= 0.3 is 0 Å². The van der Waals surface area contributed by atoms with E-state index in [4.69, 9.17) is 4.42 Å². The van der Waals surface area contributed by atoms with Gasteiger partial charge in [-0.05, 0) is 39.7 Å². The fourth-order valence-corrected chi connectivity index (χ4v) is 2.91. The average Bonchev–Trinajstić information content (AvgIpc) is 3.37. The van der Waals surface area contributed by atoms with Gasteiger partial charge in [-0.1, -0.05) is 18.2 Å². The number of carbonyl (C=O) groups is 3. The van der Waals surface area contributed by atoms with E-state index in [1.54, 1.807) is 29.9 Å². The van der Waals surface area contributed by atoms with Crippen LogP contribution in [0.15, 0.2) is 51.5 Å². The second-order valence-electron chi connectivity index (χ2n) is 6.38. The molecular weight excluding hydrogens is 454 g/mol. The summed E-state index contributed by atoms with van der Waals surface area (Å²) in [6.45, 7) is 0.175. The molecule has 9 nitrogen and oxygen atoms in total. The Labute approximate surface area is 181 Å². The third-order valence-corrected chi connectivity index (χ3v) is 4.98. The molecule has 30 heavy (non-hydrogen) atoms. The number of benzene rings is 1. The van der Waals surface area contributed by atoms with Crippen LogP contribution in [-0.4, -0.2) is 41.1 Å². The summed E-state index contributed by atoms with van der Waals surface area (Å²) in [5.74, 6) is -0.456. The minimum Gasteiger partial charge on any atom is -0.451 e. The van der Waals surface area contributed by atoms with Gasteiger partial charge < -0.3 is 20.4 Å². The molecule has 3 N–H and O–H groups in total. The van der Waals surface area contributed by atoms with E-state index in [-0.39, 0.29) is 24.1 Å². The van der Waals surface area contributed by atoms with E-state index in [1.807, 2.05) is 24.3 Å². The number of hydrogen-bond acceptors (Lipinski definition) is 5. The zero-order valence-electron chi connectivity index (χ0n) is 16.4. The lowest BCUT2D eigenvalue weighted by atomic mass is 10.1. The molecule has 0 saturated carbocycles. The van der Waals surface area contributed by atoms with Gasteiger partial charge in [-0.3, -0.25) is 19.1 Å². The zero-order valence-corrected chi connectivity index (χ0v) is 17.9. The molecule has 0 atom stereocenters. The Hall–Kier alpha value is -3.40. The molecule has 0 fully saturated rings. The maximum absolute atomic E-state index is 12.2. The third-order valence-electron chi connectivity index (χ3n) is 4.24. The first-order valence-corrected chi connectivity index (χ1v) is 9.82. The van der Waals surface area contributed by atoms with E-state index in [1.165, 1.54) is 7.05 Å². The Morgan fingerprint density at radius 2 is 1.90 bits per heavy atom. The molecule has 0 bridgehead atoms. The average molecular weight is 474 g/mol. The zero-order chi connectivity index (χ0) is 21.7. The van der Waals surface area contributed by atoms with Gasteiger partial charge in [0.25, 0.3) is 11.8 Å². The number of hydrogen-bond donors (Lipinski definition) is 3. The van der Waals surface area contributed by atoms with Crippen LogP contribution in [-0.2, 0) is 18.4 Å². The number of amides is 3. The van der Waals surface area contributed by atoms with Crippen molar-refractivity contribution in [3.63, 3.8) is 0 Å². The van der Waals surface area contributed by atoms with Crippen LogP contribution in [0, 0.1) is 0 Å². The van der Waals surface area contributed by atoms with E-state index >= 15 is 0 Å². The highest BCUT2D eigenvalue weighted by Crippen LogP contribution is 2.23. The van der Waals surface area contributed by atoms with Crippen LogP contribution in [0.5, 0.6) is 0 Å². The molecule has 0 radical (unpaired) electrons. The van der Waals surface area contributed by atoms with Crippen LogP contribution in [0.1, 0.15) is 26.6 Å². The molecule has 1 aromatic carbocycles. The largest absolute Gasteiger partial charge is 0.451 e. The highest BCUT2D eigenvalue weighted by Gasteiger charge is 2.14. The summed E-state index contributed by atoms with van der Waals surface area (Å²) >= 11 is 3.31. The maximum Gasteiger partial charge on any atom is 0.287 e. The van der Waals surface area contributed by atoms with Crippen LogP contribution in [0.3, 0.4) is 0 Å². The summed E-state index contributed by atoms with van der Waals surface area (Å²) in [5.41, 5.74) is 1.93. The van der Waals surface area contributed by atoms with E-state index in [2.05, 4.69) is 37.0 Å². The number of furan rings is 1. The summed E-state index contributed by atoms with van der Waals surface area (Å²) in [4.78, 5) is 35.6. The molecule has 3 rings (SSSR count). The SMILES string of the molecule is CNC(=O)CNC(=O)c1ccc(-c2cccc(CNC(=O)c3cc(Br)n(C)n3)c2)o1. The lowest BCUT2D eigenvalue weighted by Gasteiger charge is -2.05.